The number of pyridine rings is 1. The van der Waals surface area contributed by atoms with E-state index in [1.54, 1.807) is 6.07 Å². The zero-order valence-corrected chi connectivity index (χ0v) is 18.8. The number of nitrogens with one attached hydrogen (secondary N) is 2. The summed E-state index contributed by atoms with van der Waals surface area (Å²) < 4.78 is 40.5. The van der Waals surface area contributed by atoms with Crippen LogP contribution in [0.5, 0.6) is 0 Å². The average molecular weight is 532 g/mol. The molecule has 0 aliphatic heterocycles. The molecular formula is C20H24F3IN6. The van der Waals surface area contributed by atoms with Crippen LogP contribution in [0.4, 0.5) is 13.2 Å². The van der Waals surface area contributed by atoms with E-state index in [4.69, 9.17) is 0 Å². The van der Waals surface area contributed by atoms with Gasteiger partial charge in [-0.05, 0) is 43.2 Å². The van der Waals surface area contributed by atoms with E-state index in [0.717, 1.165) is 36.4 Å². The van der Waals surface area contributed by atoms with Gasteiger partial charge in [0.25, 0.3) is 0 Å². The zero-order valence-electron chi connectivity index (χ0n) is 16.5. The predicted molar refractivity (Wildman–Crippen MR) is 121 cm³/mol. The second kappa shape index (κ2) is 11.1. The Morgan fingerprint density at radius 1 is 1.10 bits per heavy atom. The van der Waals surface area contributed by atoms with Crippen molar-refractivity contribution >= 4 is 35.6 Å². The molecular weight excluding hydrogens is 508 g/mol. The highest BCUT2D eigenvalue weighted by Crippen LogP contribution is 2.29. The van der Waals surface area contributed by atoms with Crippen LogP contribution in [0.2, 0.25) is 0 Å². The number of alkyl halides is 3. The Morgan fingerprint density at radius 2 is 1.93 bits per heavy atom. The van der Waals surface area contributed by atoms with Gasteiger partial charge in [-0.2, -0.15) is 13.2 Å². The summed E-state index contributed by atoms with van der Waals surface area (Å²) >= 11 is 0. The minimum atomic E-state index is -4.35. The Hall–Kier alpha value is -2.37. The fourth-order valence-electron chi connectivity index (χ4n) is 2.87. The van der Waals surface area contributed by atoms with Crippen LogP contribution in [-0.4, -0.2) is 33.6 Å². The molecule has 2 N–H and O–H groups in total. The van der Waals surface area contributed by atoms with Crippen LogP contribution < -0.4 is 10.6 Å². The summed E-state index contributed by atoms with van der Waals surface area (Å²) in [5.41, 5.74) is 0.655. The number of nitrogens with zero attached hydrogens (tertiary/aromatic N) is 4. The molecule has 0 saturated heterocycles. The van der Waals surface area contributed by atoms with Crippen molar-refractivity contribution in [2.24, 2.45) is 4.99 Å². The van der Waals surface area contributed by atoms with Crippen LogP contribution in [0.25, 0.3) is 5.65 Å². The van der Waals surface area contributed by atoms with Gasteiger partial charge in [0.05, 0.1) is 12.1 Å². The first-order valence-electron chi connectivity index (χ1n) is 9.44. The smallest absolute Gasteiger partial charge is 0.357 e. The van der Waals surface area contributed by atoms with Crippen molar-refractivity contribution in [3.63, 3.8) is 0 Å². The second-order valence-electron chi connectivity index (χ2n) is 6.47. The van der Waals surface area contributed by atoms with E-state index in [0.29, 0.717) is 24.6 Å². The lowest BCUT2D eigenvalue weighted by Crippen LogP contribution is -2.37. The molecule has 0 aliphatic carbocycles. The fourth-order valence-corrected chi connectivity index (χ4v) is 2.87. The van der Waals surface area contributed by atoms with Gasteiger partial charge < -0.3 is 10.6 Å². The van der Waals surface area contributed by atoms with E-state index in [2.05, 4.69) is 25.8 Å². The fraction of sp³-hybridized carbons (Fsp3) is 0.350. The first-order valence-corrected chi connectivity index (χ1v) is 9.44. The van der Waals surface area contributed by atoms with E-state index in [-0.39, 0.29) is 30.5 Å². The topological polar surface area (TPSA) is 66.6 Å². The number of benzene rings is 1. The second-order valence-corrected chi connectivity index (χ2v) is 6.47. The zero-order chi connectivity index (χ0) is 20.7. The van der Waals surface area contributed by atoms with Crippen molar-refractivity contribution in [1.29, 1.82) is 0 Å². The third-order valence-corrected chi connectivity index (χ3v) is 4.27. The van der Waals surface area contributed by atoms with Gasteiger partial charge in [-0.25, -0.2) is 4.99 Å². The van der Waals surface area contributed by atoms with E-state index in [1.807, 2.05) is 35.7 Å². The summed E-state index contributed by atoms with van der Waals surface area (Å²) in [5, 5.41) is 14.6. The highest BCUT2D eigenvalue weighted by Gasteiger charge is 2.30. The Bertz CT molecular complexity index is 970. The molecule has 0 aliphatic rings. The van der Waals surface area contributed by atoms with E-state index in [9.17, 15) is 13.2 Å². The average Bonchev–Trinajstić information content (AvgIpc) is 3.12. The molecule has 162 valence electrons. The maximum absolute atomic E-state index is 12.8. The van der Waals surface area contributed by atoms with Crippen LogP contribution >= 0.6 is 24.0 Å². The van der Waals surface area contributed by atoms with Crippen LogP contribution in [-0.2, 0) is 19.1 Å². The van der Waals surface area contributed by atoms with E-state index in [1.165, 1.54) is 6.07 Å². The summed E-state index contributed by atoms with van der Waals surface area (Å²) in [6.07, 6.45) is -0.873. The molecule has 0 unspecified atom stereocenters. The summed E-state index contributed by atoms with van der Waals surface area (Å²) in [5.74, 6) is 1.45. The molecule has 2 heterocycles. The quantitative estimate of drug-likeness (QED) is 0.209. The predicted octanol–water partition coefficient (Wildman–Crippen LogP) is 4.05. The molecule has 0 spiro atoms. The molecule has 0 bridgehead atoms. The summed E-state index contributed by atoms with van der Waals surface area (Å²) in [7, 11) is 0. The van der Waals surface area contributed by atoms with E-state index < -0.39 is 11.7 Å². The van der Waals surface area contributed by atoms with Gasteiger partial charge in [0.1, 0.15) is 5.82 Å². The molecule has 10 heteroatoms. The van der Waals surface area contributed by atoms with Crippen molar-refractivity contribution < 1.29 is 13.2 Å². The molecule has 3 rings (SSSR count). The number of aliphatic imine (C=N–C) groups is 1. The SMILES string of the molecule is CCNC(=NCc1cccc(C(F)(F)F)c1)NCCCc1nnc2ccccn12.I. The Morgan fingerprint density at radius 3 is 2.70 bits per heavy atom. The number of hydrogen-bond acceptors (Lipinski definition) is 3. The maximum Gasteiger partial charge on any atom is 0.416 e. The largest absolute Gasteiger partial charge is 0.416 e. The molecule has 2 aromatic heterocycles. The van der Waals surface area contributed by atoms with Gasteiger partial charge >= 0.3 is 6.18 Å². The van der Waals surface area contributed by atoms with Gasteiger partial charge in [0.2, 0.25) is 0 Å². The third kappa shape index (κ3) is 6.57. The highest BCUT2D eigenvalue weighted by molar-refractivity contribution is 14.0. The summed E-state index contributed by atoms with van der Waals surface area (Å²) in [4.78, 5) is 4.39. The van der Waals surface area contributed by atoms with Crippen LogP contribution in [0.15, 0.2) is 53.7 Å². The maximum atomic E-state index is 12.8. The van der Waals surface area contributed by atoms with Gasteiger partial charge in [-0.15, -0.1) is 34.2 Å². The van der Waals surface area contributed by atoms with Crippen molar-refractivity contribution in [2.75, 3.05) is 13.1 Å². The number of guanidine groups is 1. The Labute approximate surface area is 190 Å². The van der Waals surface area contributed by atoms with Gasteiger partial charge in [-0.3, -0.25) is 4.40 Å². The molecule has 0 radical (unpaired) electrons. The number of fused-ring (bicyclic) bond motifs is 1. The molecule has 30 heavy (non-hydrogen) atoms. The van der Waals surface area contributed by atoms with Crippen molar-refractivity contribution in [3.8, 4) is 0 Å². The first kappa shape index (κ1) is 23.9. The number of halogens is 4. The van der Waals surface area contributed by atoms with Crippen LogP contribution in [0, 0.1) is 0 Å². The molecule has 0 saturated carbocycles. The van der Waals surface area contributed by atoms with Gasteiger partial charge in [0, 0.05) is 25.7 Å². The molecule has 0 atom stereocenters. The highest BCUT2D eigenvalue weighted by atomic mass is 127. The molecule has 1 aromatic carbocycles. The monoisotopic (exact) mass is 532 g/mol. The Kier molecular flexibility index (Phi) is 8.88. The number of aryl methyl sites for hydroxylation is 1. The van der Waals surface area contributed by atoms with Gasteiger partial charge in [0.15, 0.2) is 11.6 Å². The van der Waals surface area contributed by atoms with Crippen molar-refractivity contribution in [3.05, 3.63) is 65.6 Å². The number of hydrogen-bond donors (Lipinski definition) is 2. The van der Waals surface area contributed by atoms with Crippen molar-refractivity contribution in [1.82, 2.24) is 25.2 Å². The standard InChI is InChI=1S/C20H23F3N6.HI/c1-2-24-19(26-14-15-7-5-8-16(13-15)20(21,22)23)25-11-6-10-18-28-27-17-9-3-4-12-29(17)18;/h3-5,7-9,12-13H,2,6,10-11,14H2,1H3,(H2,24,25,26);1H. The molecule has 0 fully saturated rings. The number of rotatable bonds is 7. The minimum Gasteiger partial charge on any atom is -0.357 e. The molecule has 6 nitrogen and oxygen atoms in total. The lowest BCUT2D eigenvalue weighted by atomic mass is 10.1. The van der Waals surface area contributed by atoms with E-state index >= 15 is 0 Å². The first-order chi connectivity index (χ1) is 14.0. The van der Waals surface area contributed by atoms with Gasteiger partial charge in [-0.1, -0.05) is 18.2 Å². The summed E-state index contributed by atoms with van der Waals surface area (Å²) in [6.45, 7) is 3.40. The van der Waals surface area contributed by atoms with Crippen LogP contribution in [0.3, 0.4) is 0 Å². The molecule has 3 aromatic rings. The Balaban J connectivity index is 0.00000320. The molecule has 0 amide bonds. The lowest BCUT2D eigenvalue weighted by molar-refractivity contribution is -0.137. The third-order valence-electron chi connectivity index (χ3n) is 4.27. The lowest BCUT2D eigenvalue weighted by Gasteiger charge is -2.12. The van der Waals surface area contributed by atoms with Crippen molar-refractivity contribution in [2.45, 2.75) is 32.5 Å². The van der Waals surface area contributed by atoms with Crippen LogP contribution in [0.1, 0.15) is 30.3 Å². The minimum absolute atomic E-state index is 0. The number of aromatic nitrogens is 3. The summed E-state index contributed by atoms with van der Waals surface area (Å²) in [6, 6.07) is 11.0. The normalized spacial score (nSPS) is 11.9.